The number of carbonyl (C=O) groups excluding carboxylic acids is 1. The summed E-state index contributed by atoms with van der Waals surface area (Å²) in [6.45, 7) is 5.16. The van der Waals surface area contributed by atoms with Crippen molar-refractivity contribution in [1.82, 2.24) is 19.7 Å². The zero-order chi connectivity index (χ0) is 20.7. The van der Waals surface area contributed by atoms with Crippen molar-refractivity contribution in [3.63, 3.8) is 0 Å². The van der Waals surface area contributed by atoms with Crippen LogP contribution in [0.3, 0.4) is 0 Å². The van der Waals surface area contributed by atoms with Crippen LogP contribution in [-0.4, -0.2) is 45.4 Å². The number of hydrogen-bond acceptors (Lipinski definition) is 5. The Balaban J connectivity index is 2.09. The highest BCUT2D eigenvalue weighted by molar-refractivity contribution is 9.10. The van der Waals surface area contributed by atoms with Gasteiger partial charge in [0.25, 0.3) is 0 Å². The van der Waals surface area contributed by atoms with Gasteiger partial charge in [-0.2, -0.15) is 0 Å². The predicted molar refractivity (Wildman–Crippen MR) is 120 cm³/mol. The van der Waals surface area contributed by atoms with Crippen molar-refractivity contribution in [2.45, 2.75) is 50.9 Å². The van der Waals surface area contributed by atoms with Crippen LogP contribution in [0, 0.1) is 0 Å². The van der Waals surface area contributed by atoms with Crippen molar-refractivity contribution < 1.29 is 4.79 Å². The molecule has 9 heteroatoms. The first kappa shape index (κ1) is 23.2. The van der Waals surface area contributed by atoms with E-state index in [2.05, 4.69) is 68.9 Å². The van der Waals surface area contributed by atoms with Crippen LogP contribution in [0.25, 0.3) is 0 Å². The highest BCUT2D eigenvalue weighted by Crippen LogP contribution is 2.28. The fourth-order valence-corrected chi connectivity index (χ4v) is 4.36. The number of hydrogen-bond donors (Lipinski definition) is 1. The average Bonchev–Trinajstić information content (AvgIpc) is 3.03. The maximum absolute atomic E-state index is 12.4. The Bertz CT molecular complexity index is 799. The second-order valence-corrected chi connectivity index (χ2v) is 8.96. The molecule has 2 rings (SSSR count). The third kappa shape index (κ3) is 6.20. The molecule has 1 amide bonds. The Morgan fingerprint density at radius 3 is 2.71 bits per heavy atom. The molecule has 0 aliphatic heterocycles. The highest BCUT2D eigenvalue weighted by atomic mass is 79.9. The number of amides is 1. The van der Waals surface area contributed by atoms with E-state index in [1.807, 2.05) is 6.07 Å². The Kier molecular flexibility index (Phi) is 9.27. The van der Waals surface area contributed by atoms with Crippen LogP contribution >= 0.6 is 39.3 Å². The van der Waals surface area contributed by atoms with E-state index in [0.29, 0.717) is 10.7 Å². The summed E-state index contributed by atoms with van der Waals surface area (Å²) < 4.78 is 3.02. The molecular formula is C19H27BrClN5OS. The quantitative estimate of drug-likeness (QED) is 0.464. The van der Waals surface area contributed by atoms with Crippen LogP contribution in [0.2, 0.25) is 5.02 Å². The van der Waals surface area contributed by atoms with Gasteiger partial charge >= 0.3 is 0 Å². The number of aromatic nitrogens is 3. The van der Waals surface area contributed by atoms with Crippen molar-refractivity contribution in [1.29, 1.82) is 0 Å². The molecule has 0 spiro atoms. The lowest BCUT2D eigenvalue weighted by molar-refractivity contribution is -0.113. The molecule has 0 radical (unpaired) electrons. The van der Waals surface area contributed by atoms with E-state index in [1.165, 1.54) is 11.8 Å². The van der Waals surface area contributed by atoms with E-state index in [9.17, 15) is 4.79 Å². The van der Waals surface area contributed by atoms with Gasteiger partial charge < -0.3 is 9.88 Å². The molecular weight excluding hydrogens is 462 g/mol. The molecule has 1 aromatic heterocycles. The van der Waals surface area contributed by atoms with Gasteiger partial charge in [0.1, 0.15) is 0 Å². The van der Waals surface area contributed by atoms with Crippen LogP contribution < -0.4 is 5.32 Å². The number of benzene rings is 1. The molecule has 0 aliphatic carbocycles. The van der Waals surface area contributed by atoms with Gasteiger partial charge in [-0.05, 0) is 45.1 Å². The summed E-state index contributed by atoms with van der Waals surface area (Å²) in [5, 5.41) is 12.9. The maximum atomic E-state index is 12.4. The summed E-state index contributed by atoms with van der Waals surface area (Å²) >= 11 is 10.9. The largest absolute Gasteiger partial charge is 0.324 e. The second kappa shape index (κ2) is 11.2. The number of nitrogens with one attached hydrogen (secondary N) is 1. The smallest absolute Gasteiger partial charge is 0.234 e. The molecule has 28 heavy (non-hydrogen) atoms. The monoisotopic (exact) mass is 487 g/mol. The molecule has 0 saturated carbocycles. The number of anilines is 1. The summed E-state index contributed by atoms with van der Waals surface area (Å²) in [5.41, 5.74) is 0.599. The van der Waals surface area contributed by atoms with Gasteiger partial charge in [-0.3, -0.25) is 9.69 Å². The third-order valence-electron chi connectivity index (χ3n) is 4.33. The lowest BCUT2D eigenvalue weighted by atomic mass is 10.2. The number of halogens is 2. The first-order valence-corrected chi connectivity index (χ1v) is 11.5. The number of nitrogens with zero attached hydrogens (tertiary/aromatic N) is 4. The minimum Gasteiger partial charge on any atom is -0.324 e. The van der Waals surface area contributed by atoms with Gasteiger partial charge in [-0.15, -0.1) is 10.2 Å². The fourth-order valence-electron chi connectivity index (χ4n) is 2.87. The second-order valence-electron chi connectivity index (χ2n) is 6.69. The van der Waals surface area contributed by atoms with Gasteiger partial charge in [-0.25, -0.2) is 0 Å². The minimum absolute atomic E-state index is 0.125. The molecule has 0 saturated heterocycles. The Morgan fingerprint density at radius 2 is 2.11 bits per heavy atom. The fraction of sp³-hybridized carbons (Fsp3) is 0.526. The zero-order valence-corrected chi connectivity index (χ0v) is 19.9. The molecule has 1 N–H and O–H groups in total. The van der Waals surface area contributed by atoms with Gasteiger partial charge in [0.15, 0.2) is 11.0 Å². The maximum Gasteiger partial charge on any atom is 0.234 e. The van der Waals surface area contributed by atoms with E-state index in [4.69, 9.17) is 11.6 Å². The van der Waals surface area contributed by atoms with Crippen LogP contribution in [-0.2, 0) is 11.3 Å². The van der Waals surface area contributed by atoms with Crippen molar-refractivity contribution in [3.05, 3.63) is 33.5 Å². The first-order chi connectivity index (χ1) is 13.4. The number of rotatable bonds is 10. The SMILES string of the molecule is CCCCn1c(SCC(=O)Nc2ccc(Br)cc2Cl)nnc1C(CC)N(C)C. The molecule has 0 aliphatic rings. The molecule has 1 aromatic carbocycles. The molecule has 1 atom stereocenters. The Morgan fingerprint density at radius 1 is 1.36 bits per heavy atom. The standard InChI is InChI=1S/C19H27BrClN5OS/c1-5-7-10-26-18(16(6-2)25(3)4)23-24-19(26)28-12-17(27)22-15-9-8-13(20)11-14(15)21/h8-9,11,16H,5-7,10,12H2,1-4H3,(H,22,27). The van der Waals surface area contributed by atoms with E-state index >= 15 is 0 Å². The van der Waals surface area contributed by atoms with Gasteiger partial charge in [0, 0.05) is 11.0 Å². The van der Waals surface area contributed by atoms with Crippen LogP contribution in [0.5, 0.6) is 0 Å². The van der Waals surface area contributed by atoms with Crippen molar-refractivity contribution in [3.8, 4) is 0 Å². The first-order valence-electron chi connectivity index (χ1n) is 9.34. The van der Waals surface area contributed by atoms with Crippen LogP contribution in [0.15, 0.2) is 27.8 Å². The van der Waals surface area contributed by atoms with Crippen LogP contribution in [0.1, 0.15) is 45.0 Å². The molecule has 2 aromatic rings. The minimum atomic E-state index is -0.125. The van der Waals surface area contributed by atoms with Crippen LogP contribution in [0.4, 0.5) is 5.69 Å². The van der Waals surface area contributed by atoms with E-state index in [0.717, 1.165) is 41.3 Å². The molecule has 154 valence electrons. The molecule has 1 heterocycles. The molecule has 0 bridgehead atoms. The normalized spacial score (nSPS) is 12.4. The van der Waals surface area contributed by atoms with E-state index in [-0.39, 0.29) is 17.7 Å². The number of carbonyl (C=O) groups is 1. The number of unbranched alkanes of at least 4 members (excludes halogenated alkanes) is 1. The Labute approximate surface area is 184 Å². The topological polar surface area (TPSA) is 63.1 Å². The third-order valence-corrected chi connectivity index (χ3v) is 6.10. The zero-order valence-electron chi connectivity index (χ0n) is 16.7. The van der Waals surface area contributed by atoms with Gasteiger partial charge in [0.05, 0.1) is 22.5 Å². The lowest BCUT2D eigenvalue weighted by Crippen LogP contribution is -2.23. The average molecular weight is 489 g/mol. The molecule has 6 nitrogen and oxygen atoms in total. The number of thioether (sulfide) groups is 1. The van der Waals surface area contributed by atoms with Gasteiger partial charge in [-0.1, -0.05) is 59.6 Å². The summed E-state index contributed by atoms with van der Waals surface area (Å²) in [6, 6.07) is 5.58. The van der Waals surface area contributed by atoms with Crippen molar-refractivity contribution >= 4 is 50.9 Å². The van der Waals surface area contributed by atoms with Gasteiger partial charge in [0.2, 0.25) is 5.91 Å². The summed E-state index contributed by atoms with van der Waals surface area (Å²) in [5.74, 6) is 1.08. The van der Waals surface area contributed by atoms with E-state index in [1.54, 1.807) is 12.1 Å². The van der Waals surface area contributed by atoms with Crippen molar-refractivity contribution in [2.24, 2.45) is 0 Å². The molecule has 1 unspecified atom stereocenters. The highest BCUT2D eigenvalue weighted by Gasteiger charge is 2.22. The summed E-state index contributed by atoms with van der Waals surface area (Å²) in [6.07, 6.45) is 3.08. The predicted octanol–water partition coefficient (Wildman–Crippen LogP) is 5.24. The van der Waals surface area contributed by atoms with E-state index < -0.39 is 0 Å². The summed E-state index contributed by atoms with van der Waals surface area (Å²) in [7, 11) is 4.10. The van der Waals surface area contributed by atoms with Crippen molar-refractivity contribution in [2.75, 3.05) is 25.2 Å². The Hall–Kier alpha value is -1.09. The molecule has 0 fully saturated rings. The summed E-state index contributed by atoms with van der Waals surface area (Å²) in [4.78, 5) is 14.5. The lowest BCUT2D eigenvalue weighted by Gasteiger charge is -2.23.